The van der Waals surface area contributed by atoms with Crippen molar-refractivity contribution in [2.24, 2.45) is 0 Å². The van der Waals surface area contributed by atoms with Crippen LogP contribution < -0.4 is 0 Å². The molecule has 0 aromatic heterocycles. The van der Waals surface area contributed by atoms with Crippen LogP contribution in [0.25, 0.3) is 11.1 Å². The first-order chi connectivity index (χ1) is 7.58. The van der Waals surface area contributed by atoms with E-state index in [2.05, 4.69) is 0 Å². The summed E-state index contributed by atoms with van der Waals surface area (Å²) in [5.74, 6) is -1.23. The summed E-state index contributed by atoms with van der Waals surface area (Å²) in [6.07, 6.45) is 0. The highest BCUT2D eigenvalue weighted by molar-refractivity contribution is 6.33. The van der Waals surface area contributed by atoms with E-state index in [0.717, 1.165) is 12.1 Å². The minimum absolute atomic E-state index is 0.168. The van der Waals surface area contributed by atoms with Gasteiger partial charge in [-0.05, 0) is 30.3 Å². The van der Waals surface area contributed by atoms with E-state index in [0.29, 0.717) is 11.1 Å². The maximum absolute atomic E-state index is 12.8. The third-order valence-corrected chi connectivity index (χ3v) is 2.49. The fraction of sp³-hybridized carbons (Fsp3) is 0. The lowest BCUT2D eigenvalue weighted by molar-refractivity contribution is 0.471. The molecule has 2 rings (SSSR count). The van der Waals surface area contributed by atoms with E-state index in [1.165, 1.54) is 24.3 Å². The maximum Gasteiger partial charge on any atom is 0.126 e. The van der Waals surface area contributed by atoms with Crippen LogP contribution >= 0.6 is 11.6 Å². The Balaban J connectivity index is 2.59. The molecule has 82 valence electrons. The van der Waals surface area contributed by atoms with Gasteiger partial charge in [0, 0.05) is 17.2 Å². The van der Waals surface area contributed by atoms with Crippen LogP contribution in [0.15, 0.2) is 36.4 Å². The van der Waals surface area contributed by atoms with Gasteiger partial charge in [-0.2, -0.15) is 0 Å². The van der Waals surface area contributed by atoms with Crippen LogP contribution in [0.5, 0.6) is 5.75 Å². The first-order valence-corrected chi connectivity index (χ1v) is 4.89. The summed E-state index contributed by atoms with van der Waals surface area (Å²) in [6, 6.07) is 7.38. The molecule has 0 unspecified atom stereocenters. The minimum Gasteiger partial charge on any atom is -0.507 e. The molecule has 1 nitrogen and oxygen atoms in total. The van der Waals surface area contributed by atoms with Gasteiger partial charge in [0.1, 0.15) is 17.4 Å². The topological polar surface area (TPSA) is 20.2 Å². The number of aromatic hydroxyl groups is 1. The normalized spacial score (nSPS) is 10.4. The van der Waals surface area contributed by atoms with E-state index in [1.54, 1.807) is 0 Å². The Morgan fingerprint density at radius 1 is 0.875 bits per heavy atom. The molecule has 2 aromatic carbocycles. The standard InChI is InChI=1S/C12H7ClF2O/c13-11-5-7(14)1-3-9(11)10-4-2-8(15)6-12(10)16/h1-6,16H. The van der Waals surface area contributed by atoms with E-state index in [9.17, 15) is 13.9 Å². The number of phenolic OH excluding ortho intramolecular Hbond substituents is 1. The zero-order valence-electron chi connectivity index (χ0n) is 8.05. The fourth-order valence-electron chi connectivity index (χ4n) is 1.44. The molecule has 0 heterocycles. The number of rotatable bonds is 1. The number of phenols is 1. The van der Waals surface area contributed by atoms with Crippen LogP contribution in [-0.4, -0.2) is 5.11 Å². The summed E-state index contributed by atoms with van der Waals surface area (Å²) in [5.41, 5.74) is 0.826. The Labute approximate surface area is 95.9 Å². The molecule has 0 saturated heterocycles. The number of hydrogen-bond donors (Lipinski definition) is 1. The van der Waals surface area contributed by atoms with Crippen LogP contribution in [0.1, 0.15) is 0 Å². The van der Waals surface area contributed by atoms with Gasteiger partial charge in [0.15, 0.2) is 0 Å². The average Bonchev–Trinajstić information content (AvgIpc) is 2.19. The van der Waals surface area contributed by atoms with Crippen molar-refractivity contribution in [1.82, 2.24) is 0 Å². The van der Waals surface area contributed by atoms with Gasteiger partial charge < -0.3 is 5.11 Å². The fourth-order valence-corrected chi connectivity index (χ4v) is 1.71. The van der Waals surface area contributed by atoms with Gasteiger partial charge >= 0.3 is 0 Å². The van der Waals surface area contributed by atoms with Crippen molar-refractivity contribution in [3.63, 3.8) is 0 Å². The van der Waals surface area contributed by atoms with Crippen LogP contribution in [0.3, 0.4) is 0 Å². The molecule has 0 spiro atoms. The second kappa shape index (κ2) is 4.10. The highest BCUT2D eigenvalue weighted by atomic mass is 35.5. The molecule has 2 aromatic rings. The summed E-state index contributed by atoms with van der Waals surface area (Å²) in [5, 5.41) is 9.71. The molecule has 0 atom stereocenters. The van der Waals surface area contributed by atoms with Crippen molar-refractivity contribution >= 4 is 11.6 Å². The molecule has 0 amide bonds. The summed E-state index contributed by atoms with van der Waals surface area (Å²) in [4.78, 5) is 0. The Hall–Kier alpha value is -1.61. The number of hydrogen-bond acceptors (Lipinski definition) is 1. The molecular formula is C12H7ClF2O. The van der Waals surface area contributed by atoms with Gasteiger partial charge in [-0.25, -0.2) is 8.78 Å². The predicted molar refractivity (Wildman–Crippen MR) is 58.5 cm³/mol. The molecule has 4 heteroatoms. The van der Waals surface area contributed by atoms with Crippen molar-refractivity contribution in [3.8, 4) is 16.9 Å². The lowest BCUT2D eigenvalue weighted by Gasteiger charge is -2.06. The van der Waals surface area contributed by atoms with Gasteiger partial charge in [0.2, 0.25) is 0 Å². The molecule has 0 aliphatic heterocycles. The lowest BCUT2D eigenvalue weighted by atomic mass is 10.0. The van der Waals surface area contributed by atoms with Crippen molar-refractivity contribution in [3.05, 3.63) is 53.1 Å². The summed E-state index contributed by atoms with van der Waals surface area (Å²) in [7, 11) is 0. The second-order valence-electron chi connectivity index (χ2n) is 3.29. The van der Waals surface area contributed by atoms with Crippen LogP contribution in [0.2, 0.25) is 5.02 Å². The zero-order chi connectivity index (χ0) is 11.7. The first-order valence-electron chi connectivity index (χ1n) is 4.52. The smallest absolute Gasteiger partial charge is 0.126 e. The van der Waals surface area contributed by atoms with Gasteiger partial charge in [0.05, 0.1) is 5.02 Å². The Morgan fingerprint density at radius 3 is 2.00 bits per heavy atom. The van der Waals surface area contributed by atoms with Crippen molar-refractivity contribution in [2.45, 2.75) is 0 Å². The van der Waals surface area contributed by atoms with E-state index in [1.807, 2.05) is 0 Å². The monoisotopic (exact) mass is 240 g/mol. The molecule has 0 aliphatic rings. The average molecular weight is 241 g/mol. The van der Waals surface area contributed by atoms with Crippen molar-refractivity contribution < 1.29 is 13.9 Å². The van der Waals surface area contributed by atoms with Crippen LogP contribution in [-0.2, 0) is 0 Å². The van der Waals surface area contributed by atoms with E-state index in [-0.39, 0.29) is 10.8 Å². The summed E-state index contributed by atoms with van der Waals surface area (Å²) in [6.45, 7) is 0. The van der Waals surface area contributed by atoms with Gasteiger partial charge in [-0.3, -0.25) is 0 Å². The van der Waals surface area contributed by atoms with E-state index in [4.69, 9.17) is 11.6 Å². The minimum atomic E-state index is -0.542. The van der Waals surface area contributed by atoms with Crippen molar-refractivity contribution in [1.29, 1.82) is 0 Å². The third kappa shape index (κ3) is 1.99. The van der Waals surface area contributed by atoms with Crippen LogP contribution in [0, 0.1) is 11.6 Å². The van der Waals surface area contributed by atoms with E-state index >= 15 is 0 Å². The predicted octanol–water partition coefficient (Wildman–Crippen LogP) is 3.99. The highest BCUT2D eigenvalue weighted by Gasteiger charge is 2.09. The van der Waals surface area contributed by atoms with Gasteiger partial charge in [-0.15, -0.1) is 0 Å². The highest BCUT2D eigenvalue weighted by Crippen LogP contribution is 2.34. The first kappa shape index (κ1) is 10.9. The molecule has 0 radical (unpaired) electrons. The molecular weight excluding hydrogens is 234 g/mol. The molecule has 16 heavy (non-hydrogen) atoms. The SMILES string of the molecule is Oc1cc(F)ccc1-c1ccc(F)cc1Cl. The quantitative estimate of drug-likeness (QED) is 0.799. The van der Waals surface area contributed by atoms with Crippen LogP contribution in [0.4, 0.5) is 8.78 Å². The van der Waals surface area contributed by atoms with Crippen molar-refractivity contribution in [2.75, 3.05) is 0 Å². The number of benzene rings is 2. The lowest BCUT2D eigenvalue weighted by Crippen LogP contribution is -1.84. The summed E-state index contributed by atoms with van der Waals surface area (Å²) >= 11 is 5.83. The number of halogens is 3. The molecule has 0 saturated carbocycles. The maximum atomic E-state index is 12.8. The molecule has 0 aliphatic carbocycles. The largest absolute Gasteiger partial charge is 0.507 e. The Morgan fingerprint density at radius 2 is 1.44 bits per heavy atom. The Kier molecular flexibility index (Phi) is 2.79. The zero-order valence-corrected chi connectivity index (χ0v) is 8.80. The molecule has 0 bridgehead atoms. The molecule has 0 fully saturated rings. The van der Waals surface area contributed by atoms with Gasteiger partial charge in [0.25, 0.3) is 0 Å². The van der Waals surface area contributed by atoms with Gasteiger partial charge in [-0.1, -0.05) is 11.6 Å². The molecule has 1 N–H and O–H groups in total. The second-order valence-corrected chi connectivity index (χ2v) is 3.69. The Bertz CT molecular complexity index is 491. The summed E-state index contributed by atoms with van der Waals surface area (Å²) < 4.78 is 25.6. The third-order valence-electron chi connectivity index (χ3n) is 2.18. The van der Waals surface area contributed by atoms with E-state index < -0.39 is 11.6 Å².